The highest BCUT2D eigenvalue weighted by atomic mass is 19.4. The summed E-state index contributed by atoms with van der Waals surface area (Å²) in [6.07, 6.45) is -4.56. The lowest BCUT2D eigenvalue weighted by Gasteiger charge is -2.13. The smallest absolute Gasteiger partial charge is 0.418 e. The largest absolute Gasteiger partial charge is 0.494 e. The van der Waals surface area contributed by atoms with Gasteiger partial charge in [-0.05, 0) is 24.3 Å². The number of H-pyrrole nitrogens is 1. The number of halogens is 3. The number of nitrogens with one attached hydrogen (secondary N) is 1. The predicted octanol–water partition coefficient (Wildman–Crippen LogP) is 3.35. The molecule has 0 aliphatic rings. The van der Waals surface area contributed by atoms with Crippen molar-refractivity contribution in [2.24, 2.45) is 0 Å². The van der Waals surface area contributed by atoms with E-state index in [0.717, 1.165) is 10.6 Å². The monoisotopic (exact) mass is 308 g/mol. The molecule has 1 aromatic heterocycles. The average Bonchev–Trinajstić information content (AvgIpc) is 2.82. The lowest BCUT2D eigenvalue weighted by molar-refractivity contribution is -0.137. The zero-order chi connectivity index (χ0) is 15.9. The molecule has 3 rings (SSSR count). The first-order valence-corrected chi connectivity index (χ1v) is 6.38. The molecule has 0 saturated carbocycles. The van der Waals surface area contributed by atoms with Crippen LogP contribution in [0.4, 0.5) is 13.2 Å². The summed E-state index contributed by atoms with van der Waals surface area (Å²) in [5, 5.41) is 0. The van der Waals surface area contributed by atoms with Crippen molar-refractivity contribution in [2.75, 3.05) is 7.11 Å². The lowest BCUT2D eigenvalue weighted by atomic mass is 10.1. The fourth-order valence-electron chi connectivity index (χ4n) is 2.42. The van der Waals surface area contributed by atoms with Gasteiger partial charge in [-0.3, -0.25) is 4.57 Å². The van der Waals surface area contributed by atoms with Gasteiger partial charge in [0.25, 0.3) is 0 Å². The normalized spacial score (nSPS) is 11.8. The van der Waals surface area contributed by atoms with E-state index in [1.807, 2.05) is 0 Å². The second kappa shape index (κ2) is 4.94. The number of nitrogens with zero attached hydrogens (tertiary/aromatic N) is 1. The van der Waals surface area contributed by atoms with E-state index in [0.29, 0.717) is 16.8 Å². The molecule has 4 nitrogen and oxygen atoms in total. The molecular weight excluding hydrogens is 297 g/mol. The summed E-state index contributed by atoms with van der Waals surface area (Å²) in [7, 11) is 1.42. The third-order valence-corrected chi connectivity index (χ3v) is 3.35. The number of benzene rings is 2. The summed E-state index contributed by atoms with van der Waals surface area (Å²) >= 11 is 0. The second-order valence-electron chi connectivity index (χ2n) is 4.63. The van der Waals surface area contributed by atoms with Gasteiger partial charge in [0, 0.05) is 0 Å². The Kier molecular flexibility index (Phi) is 3.20. The Hall–Kier alpha value is -2.70. The number of aromatic amines is 1. The van der Waals surface area contributed by atoms with E-state index in [9.17, 15) is 18.0 Å². The first-order chi connectivity index (χ1) is 10.4. The Bertz CT molecular complexity index is 894. The average molecular weight is 308 g/mol. The number of methoxy groups -OCH3 is 1. The standard InChI is InChI=1S/C15H11F3N2O2/c1-22-12-8-4-7-11-13(12)19-14(21)20(11)10-6-3-2-5-9(10)15(16,17)18/h2-8H,1H3,(H,19,21). The van der Waals surface area contributed by atoms with E-state index in [-0.39, 0.29) is 5.69 Å². The van der Waals surface area contributed by atoms with E-state index in [1.165, 1.54) is 25.3 Å². The fraction of sp³-hybridized carbons (Fsp3) is 0.133. The maximum absolute atomic E-state index is 13.2. The summed E-state index contributed by atoms with van der Waals surface area (Å²) in [6.45, 7) is 0. The second-order valence-corrected chi connectivity index (χ2v) is 4.63. The van der Waals surface area contributed by atoms with Gasteiger partial charge < -0.3 is 9.72 Å². The molecule has 2 aromatic carbocycles. The topological polar surface area (TPSA) is 47.0 Å². The van der Waals surface area contributed by atoms with Crippen LogP contribution in [0.25, 0.3) is 16.7 Å². The molecule has 0 spiro atoms. The van der Waals surface area contributed by atoms with Gasteiger partial charge in [0.05, 0.1) is 23.9 Å². The molecule has 0 radical (unpaired) electrons. The van der Waals surface area contributed by atoms with Crippen molar-refractivity contribution in [1.82, 2.24) is 9.55 Å². The van der Waals surface area contributed by atoms with Crippen LogP contribution in [0.5, 0.6) is 5.75 Å². The van der Waals surface area contributed by atoms with Gasteiger partial charge in [-0.2, -0.15) is 13.2 Å². The third-order valence-electron chi connectivity index (χ3n) is 3.35. The summed E-state index contributed by atoms with van der Waals surface area (Å²) in [4.78, 5) is 14.7. The van der Waals surface area contributed by atoms with Crippen LogP contribution < -0.4 is 10.4 Å². The predicted molar refractivity (Wildman–Crippen MR) is 75.4 cm³/mol. The lowest BCUT2D eigenvalue weighted by Crippen LogP contribution is -2.19. The number of ether oxygens (including phenoxy) is 1. The van der Waals surface area contributed by atoms with Crippen LogP contribution in [0.3, 0.4) is 0 Å². The Morgan fingerprint density at radius 3 is 2.50 bits per heavy atom. The van der Waals surface area contributed by atoms with Gasteiger partial charge in [-0.1, -0.05) is 18.2 Å². The molecular formula is C15H11F3N2O2. The minimum absolute atomic E-state index is 0.223. The van der Waals surface area contributed by atoms with E-state index >= 15 is 0 Å². The molecule has 0 aliphatic heterocycles. The molecule has 0 amide bonds. The van der Waals surface area contributed by atoms with Crippen molar-refractivity contribution in [3.8, 4) is 11.4 Å². The fourth-order valence-corrected chi connectivity index (χ4v) is 2.42. The molecule has 0 unspecified atom stereocenters. The summed E-state index contributed by atoms with van der Waals surface area (Å²) in [6, 6.07) is 9.74. The van der Waals surface area contributed by atoms with E-state index in [2.05, 4.69) is 4.98 Å². The zero-order valence-electron chi connectivity index (χ0n) is 11.4. The van der Waals surface area contributed by atoms with Crippen LogP contribution in [0, 0.1) is 0 Å². The number of imidazole rings is 1. The Balaban J connectivity index is 2.38. The number of hydrogen-bond acceptors (Lipinski definition) is 2. The highest BCUT2D eigenvalue weighted by Gasteiger charge is 2.34. The van der Waals surface area contributed by atoms with Gasteiger partial charge in [0.1, 0.15) is 11.3 Å². The van der Waals surface area contributed by atoms with Crippen LogP contribution in [0.2, 0.25) is 0 Å². The van der Waals surface area contributed by atoms with Gasteiger partial charge in [0.2, 0.25) is 0 Å². The van der Waals surface area contributed by atoms with Crippen LogP contribution >= 0.6 is 0 Å². The highest BCUT2D eigenvalue weighted by molar-refractivity contribution is 5.83. The first-order valence-electron chi connectivity index (χ1n) is 6.38. The highest BCUT2D eigenvalue weighted by Crippen LogP contribution is 2.34. The Morgan fingerprint density at radius 1 is 1.09 bits per heavy atom. The number of rotatable bonds is 2. The maximum atomic E-state index is 13.2. The van der Waals surface area contributed by atoms with Crippen LogP contribution in [-0.4, -0.2) is 16.7 Å². The molecule has 7 heteroatoms. The van der Waals surface area contributed by atoms with Crippen molar-refractivity contribution in [2.45, 2.75) is 6.18 Å². The Morgan fingerprint density at radius 2 is 1.82 bits per heavy atom. The molecule has 0 fully saturated rings. The van der Waals surface area contributed by atoms with Crippen molar-refractivity contribution in [1.29, 1.82) is 0 Å². The number of para-hydroxylation sites is 2. The molecule has 0 saturated heterocycles. The van der Waals surface area contributed by atoms with Gasteiger partial charge in [-0.15, -0.1) is 0 Å². The zero-order valence-corrected chi connectivity index (χ0v) is 11.4. The minimum Gasteiger partial charge on any atom is -0.494 e. The minimum atomic E-state index is -4.56. The Labute approximate surface area is 122 Å². The summed E-state index contributed by atoms with van der Waals surface area (Å²) in [5.74, 6) is 0.387. The van der Waals surface area contributed by atoms with Gasteiger partial charge >= 0.3 is 11.9 Å². The van der Waals surface area contributed by atoms with Crippen LogP contribution in [0.15, 0.2) is 47.3 Å². The van der Waals surface area contributed by atoms with E-state index in [4.69, 9.17) is 4.74 Å². The van der Waals surface area contributed by atoms with E-state index in [1.54, 1.807) is 18.2 Å². The number of alkyl halides is 3. The molecule has 0 aliphatic carbocycles. The third kappa shape index (κ3) is 2.14. The molecule has 0 bridgehead atoms. The maximum Gasteiger partial charge on any atom is 0.418 e. The summed E-state index contributed by atoms with van der Waals surface area (Å²) in [5.41, 5.74) is -1.08. The number of hydrogen-bond donors (Lipinski definition) is 1. The molecule has 0 atom stereocenters. The number of aromatic nitrogens is 2. The molecule has 1 N–H and O–H groups in total. The van der Waals surface area contributed by atoms with Crippen LogP contribution in [0.1, 0.15) is 5.56 Å². The number of fused-ring (bicyclic) bond motifs is 1. The van der Waals surface area contributed by atoms with Gasteiger partial charge in [-0.25, -0.2) is 4.79 Å². The van der Waals surface area contributed by atoms with Crippen LogP contribution in [-0.2, 0) is 6.18 Å². The molecule has 3 aromatic rings. The first kappa shape index (κ1) is 14.2. The van der Waals surface area contributed by atoms with Crippen molar-refractivity contribution < 1.29 is 17.9 Å². The molecule has 22 heavy (non-hydrogen) atoms. The van der Waals surface area contributed by atoms with Crippen molar-refractivity contribution in [3.63, 3.8) is 0 Å². The molecule has 114 valence electrons. The molecule has 1 heterocycles. The summed E-state index contributed by atoms with van der Waals surface area (Å²) < 4.78 is 45.6. The van der Waals surface area contributed by atoms with Gasteiger partial charge in [0.15, 0.2) is 0 Å². The quantitative estimate of drug-likeness (QED) is 0.789. The van der Waals surface area contributed by atoms with Crippen molar-refractivity contribution >= 4 is 11.0 Å². The SMILES string of the molecule is COc1cccc2c1[nH]c(=O)n2-c1ccccc1C(F)(F)F. The van der Waals surface area contributed by atoms with E-state index < -0.39 is 17.4 Å². The van der Waals surface area contributed by atoms with Crippen molar-refractivity contribution in [3.05, 3.63) is 58.5 Å².